The average Bonchev–Trinajstić information content (AvgIpc) is 2.87. The van der Waals surface area contributed by atoms with Crippen molar-refractivity contribution in [2.24, 2.45) is 0 Å². The largest absolute Gasteiger partial charge is 0.374 e. The summed E-state index contributed by atoms with van der Waals surface area (Å²) in [4.78, 5) is 18.3. The van der Waals surface area contributed by atoms with Gasteiger partial charge in [-0.3, -0.25) is 4.79 Å². The number of nitrogens with one attached hydrogen (secondary N) is 2. The van der Waals surface area contributed by atoms with Crippen LogP contribution < -0.4 is 15.5 Å². The molecule has 0 bridgehead atoms. The minimum absolute atomic E-state index is 0.540. The van der Waals surface area contributed by atoms with Crippen LogP contribution in [0.2, 0.25) is 10.0 Å². The van der Waals surface area contributed by atoms with Gasteiger partial charge in [-0.25, -0.2) is 0 Å². The van der Waals surface area contributed by atoms with E-state index >= 15 is 0 Å². The first-order valence-corrected chi connectivity index (χ1v) is 12.8. The van der Waals surface area contributed by atoms with Crippen molar-refractivity contribution in [3.05, 3.63) is 70.1 Å². The van der Waals surface area contributed by atoms with Crippen LogP contribution in [0.3, 0.4) is 0 Å². The first-order chi connectivity index (χ1) is 16.6. The molecule has 34 heavy (non-hydrogen) atoms. The number of rotatable bonds is 9. The maximum absolute atomic E-state index is 11.8. The highest BCUT2D eigenvalue weighted by Crippen LogP contribution is 2.24. The summed E-state index contributed by atoms with van der Waals surface area (Å²) in [6.07, 6.45) is 7.63. The van der Waals surface area contributed by atoms with Crippen molar-refractivity contribution < 1.29 is 4.79 Å². The Balaban J connectivity index is 1.42. The van der Waals surface area contributed by atoms with Gasteiger partial charge in [0.15, 0.2) is 0 Å². The molecule has 2 fully saturated rings. The van der Waals surface area contributed by atoms with E-state index in [1.165, 1.54) is 19.3 Å². The highest BCUT2D eigenvalue weighted by atomic mass is 35.5. The van der Waals surface area contributed by atoms with Gasteiger partial charge in [0.05, 0.1) is 0 Å². The van der Waals surface area contributed by atoms with Gasteiger partial charge in [0, 0.05) is 73.4 Å². The zero-order valence-electron chi connectivity index (χ0n) is 19.5. The molecule has 2 N–H and O–H groups in total. The van der Waals surface area contributed by atoms with Crippen molar-refractivity contribution >= 4 is 41.0 Å². The van der Waals surface area contributed by atoms with Crippen LogP contribution in [0.25, 0.3) is 0 Å². The van der Waals surface area contributed by atoms with Crippen molar-refractivity contribution in [2.45, 2.75) is 25.7 Å². The Morgan fingerprint density at radius 2 is 1.74 bits per heavy atom. The number of piperazine rings is 1. The zero-order valence-corrected chi connectivity index (χ0v) is 21.0. The number of nitrogens with zero attached hydrogens (tertiary/aromatic N) is 3. The zero-order chi connectivity index (χ0) is 23.8. The van der Waals surface area contributed by atoms with Crippen LogP contribution in [0.1, 0.15) is 24.8 Å². The van der Waals surface area contributed by atoms with Gasteiger partial charge in [-0.15, -0.1) is 0 Å². The number of hydrogen-bond donors (Lipinski definition) is 2. The summed E-state index contributed by atoms with van der Waals surface area (Å²) < 4.78 is 0. The molecule has 0 spiro atoms. The van der Waals surface area contributed by atoms with Gasteiger partial charge in [0.1, 0.15) is 5.82 Å². The minimum atomic E-state index is 0.540. The maximum Gasteiger partial charge on any atom is 0.214 e. The lowest BCUT2D eigenvalue weighted by molar-refractivity contribution is -0.107. The normalized spacial score (nSPS) is 16.9. The molecule has 4 rings (SSSR count). The Morgan fingerprint density at radius 3 is 2.41 bits per heavy atom. The van der Waals surface area contributed by atoms with Crippen LogP contribution in [0.4, 0.5) is 11.4 Å². The number of anilines is 2. The van der Waals surface area contributed by atoms with Crippen molar-refractivity contribution in [3.63, 3.8) is 0 Å². The number of carbonyl (C=O) groups excluding carboxylic acids is 1. The molecule has 0 radical (unpaired) electrons. The van der Waals surface area contributed by atoms with E-state index in [4.69, 9.17) is 23.2 Å². The Kier molecular flexibility index (Phi) is 8.97. The highest BCUT2D eigenvalue weighted by molar-refractivity contribution is 6.35. The predicted molar refractivity (Wildman–Crippen MR) is 142 cm³/mol. The van der Waals surface area contributed by atoms with Crippen LogP contribution in [0.15, 0.2) is 54.5 Å². The Labute approximate surface area is 212 Å². The third-order valence-corrected chi connectivity index (χ3v) is 6.98. The van der Waals surface area contributed by atoms with Gasteiger partial charge in [0.25, 0.3) is 0 Å². The molecule has 2 saturated heterocycles. The van der Waals surface area contributed by atoms with Crippen molar-refractivity contribution in [2.75, 3.05) is 56.0 Å². The number of benzene rings is 2. The van der Waals surface area contributed by atoms with E-state index in [1.54, 1.807) is 11.0 Å². The van der Waals surface area contributed by atoms with Gasteiger partial charge >= 0.3 is 0 Å². The van der Waals surface area contributed by atoms with Gasteiger partial charge in [0.2, 0.25) is 6.41 Å². The molecule has 0 aliphatic carbocycles. The smallest absolute Gasteiger partial charge is 0.214 e. The van der Waals surface area contributed by atoms with E-state index in [2.05, 4.69) is 26.6 Å². The van der Waals surface area contributed by atoms with E-state index in [9.17, 15) is 4.79 Å². The number of piperidine rings is 1. The van der Waals surface area contributed by atoms with E-state index in [1.807, 2.05) is 36.4 Å². The molecule has 182 valence electrons. The lowest BCUT2D eigenvalue weighted by Gasteiger charge is -2.34. The van der Waals surface area contributed by atoms with Crippen molar-refractivity contribution in [1.29, 1.82) is 0 Å². The summed E-state index contributed by atoms with van der Waals surface area (Å²) in [7, 11) is 0. The second-order valence-electron chi connectivity index (χ2n) is 8.80. The molecule has 2 aliphatic rings. The topological polar surface area (TPSA) is 50.9 Å². The average molecular weight is 502 g/mol. The fourth-order valence-corrected chi connectivity index (χ4v) is 4.91. The molecule has 8 heteroatoms. The lowest BCUT2D eigenvalue weighted by atomic mass is 10.1. The van der Waals surface area contributed by atoms with E-state index in [0.29, 0.717) is 23.0 Å². The van der Waals surface area contributed by atoms with Gasteiger partial charge in [-0.05, 0) is 67.6 Å². The van der Waals surface area contributed by atoms with Crippen LogP contribution in [-0.2, 0) is 11.2 Å². The molecule has 1 amide bonds. The molecular formula is C26H33Cl2N5O. The third-order valence-electron chi connectivity index (χ3n) is 6.39. The van der Waals surface area contributed by atoms with Crippen molar-refractivity contribution in [1.82, 2.24) is 15.1 Å². The number of halogens is 2. The number of amides is 1. The molecule has 2 aromatic carbocycles. The van der Waals surface area contributed by atoms with Gasteiger partial charge in [-0.1, -0.05) is 29.3 Å². The van der Waals surface area contributed by atoms with E-state index in [0.717, 1.165) is 68.4 Å². The first kappa shape index (κ1) is 24.7. The maximum atomic E-state index is 11.8. The molecular weight excluding hydrogens is 469 g/mol. The van der Waals surface area contributed by atoms with E-state index in [-0.39, 0.29) is 0 Å². The van der Waals surface area contributed by atoms with E-state index < -0.39 is 0 Å². The van der Waals surface area contributed by atoms with Gasteiger partial charge < -0.3 is 25.3 Å². The Morgan fingerprint density at radius 1 is 1.00 bits per heavy atom. The molecule has 0 aromatic heterocycles. The quantitative estimate of drug-likeness (QED) is 0.483. The van der Waals surface area contributed by atoms with Crippen LogP contribution in [0.5, 0.6) is 0 Å². The minimum Gasteiger partial charge on any atom is -0.374 e. The monoisotopic (exact) mass is 501 g/mol. The number of carbonyl (C=O) groups is 1. The summed E-state index contributed by atoms with van der Waals surface area (Å²) in [6.45, 7) is 6.71. The summed E-state index contributed by atoms with van der Waals surface area (Å²) in [5.41, 5.74) is 2.84. The summed E-state index contributed by atoms with van der Waals surface area (Å²) in [5.74, 6) is 1.14. The van der Waals surface area contributed by atoms with Crippen molar-refractivity contribution in [3.8, 4) is 0 Å². The SMILES string of the molecule is O=CN(CCc1ccc(Cl)cc1Cl)c1ccc(N/C(=C/N2CCCCC2)N2CCNCC2)cc1. The third kappa shape index (κ3) is 6.81. The first-order valence-electron chi connectivity index (χ1n) is 12.1. The van der Waals surface area contributed by atoms with Crippen LogP contribution >= 0.6 is 23.2 Å². The molecule has 2 aromatic rings. The molecule has 2 heterocycles. The fraction of sp³-hybridized carbons (Fsp3) is 0.423. The molecule has 0 saturated carbocycles. The Hall–Kier alpha value is -2.41. The highest BCUT2D eigenvalue weighted by Gasteiger charge is 2.16. The summed E-state index contributed by atoms with van der Waals surface area (Å²) in [6, 6.07) is 13.5. The Bertz CT molecular complexity index is 970. The molecule has 0 atom stereocenters. The second kappa shape index (κ2) is 12.3. The number of likely N-dealkylation sites (tertiary alicyclic amines) is 1. The lowest BCUT2D eigenvalue weighted by Crippen LogP contribution is -2.45. The summed E-state index contributed by atoms with van der Waals surface area (Å²) >= 11 is 12.3. The molecule has 2 aliphatic heterocycles. The summed E-state index contributed by atoms with van der Waals surface area (Å²) in [5, 5.41) is 8.30. The number of hydrogen-bond acceptors (Lipinski definition) is 5. The van der Waals surface area contributed by atoms with Crippen LogP contribution in [0, 0.1) is 0 Å². The second-order valence-corrected chi connectivity index (χ2v) is 9.65. The van der Waals surface area contributed by atoms with Gasteiger partial charge in [-0.2, -0.15) is 0 Å². The fourth-order valence-electron chi connectivity index (χ4n) is 4.41. The standard InChI is InChI=1S/C26H33Cl2N5O/c27-22-5-4-21(25(28)18-22)10-15-33(20-34)24-8-6-23(7-9-24)30-26(32-16-11-29-12-17-32)19-31-13-2-1-3-14-31/h4-9,18-20,29-30H,1-3,10-17H2/b26-19-. The van der Waals surface area contributed by atoms with Crippen LogP contribution in [-0.4, -0.2) is 62.0 Å². The predicted octanol–water partition coefficient (Wildman–Crippen LogP) is 4.80. The molecule has 0 unspecified atom stereocenters. The molecule has 6 nitrogen and oxygen atoms in total.